The molecule has 2 heteroatoms. The van der Waals surface area contributed by atoms with E-state index >= 15 is 0 Å². The quantitative estimate of drug-likeness (QED) is 0.156. The van der Waals surface area contributed by atoms with Crippen LogP contribution in [0.25, 0.3) is 0 Å². The molecule has 0 aromatic heterocycles. The zero-order chi connectivity index (χ0) is 14.2. The maximum Gasteiger partial charge on any atom is 0 e. The summed E-state index contributed by atoms with van der Waals surface area (Å²) in [4.78, 5) is 0. The minimum absolute atomic E-state index is 0. The van der Waals surface area contributed by atoms with Crippen LogP contribution >= 0.6 is 7.92 Å². The van der Waals surface area contributed by atoms with E-state index in [-0.39, 0.29) is 22.4 Å². The second-order valence-corrected chi connectivity index (χ2v) is 8.71. The van der Waals surface area contributed by atoms with Crippen LogP contribution in [0, 0.1) is 0 Å². The molecule has 0 N–H and O–H groups in total. The molecule has 0 bridgehead atoms. The first-order valence-corrected chi connectivity index (χ1v) is 11.0. The maximum absolute atomic E-state index is 2.32. The van der Waals surface area contributed by atoms with E-state index in [2.05, 4.69) is 20.8 Å². The second-order valence-electron chi connectivity index (χ2n) is 6.02. The van der Waals surface area contributed by atoms with Gasteiger partial charge in [-0.25, -0.2) is 0 Å². The molecule has 20 heavy (non-hydrogen) atoms. The van der Waals surface area contributed by atoms with Gasteiger partial charge in [-0.2, -0.15) is 0 Å². The molecule has 1 radical (unpaired) electrons. The van der Waals surface area contributed by atoms with Crippen LogP contribution in [0.3, 0.4) is 0 Å². The third-order valence-electron chi connectivity index (χ3n) is 3.98. The Morgan fingerprint density at radius 1 is 0.450 bits per heavy atom. The monoisotopic (exact) mass is 393 g/mol. The maximum atomic E-state index is 2.32. The van der Waals surface area contributed by atoms with Gasteiger partial charge in [-0.05, 0) is 37.7 Å². The van der Waals surface area contributed by atoms with Gasteiger partial charge in [0.05, 0.1) is 0 Å². The number of hydrogen-bond acceptors (Lipinski definition) is 0. The first-order valence-electron chi connectivity index (χ1n) is 9.07. The van der Waals surface area contributed by atoms with Gasteiger partial charge in [0.15, 0.2) is 0 Å². The van der Waals surface area contributed by atoms with Gasteiger partial charge in [0, 0.05) is 22.4 Å². The van der Waals surface area contributed by atoms with Crippen LogP contribution in [0.5, 0.6) is 0 Å². The summed E-state index contributed by atoms with van der Waals surface area (Å²) in [7, 11) is 0.389. The summed E-state index contributed by atoms with van der Waals surface area (Å²) in [5.74, 6) is 0. The molecule has 0 saturated carbocycles. The number of rotatable bonds is 15. The van der Waals surface area contributed by atoms with E-state index in [4.69, 9.17) is 0 Å². The van der Waals surface area contributed by atoms with Crippen LogP contribution in [0.15, 0.2) is 0 Å². The molecule has 0 aromatic carbocycles. The van der Waals surface area contributed by atoms with Crippen molar-refractivity contribution in [2.45, 2.75) is 97.8 Å². The van der Waals surface area contributed by atoms with Crippen molar-refractivity contribution in [3.05, 3.63) is 0 Å². The number of unbranched alkanes of at least 4 members (excludes halogenated alkanes) is 9. The van der Waals surface area contributed by atoms with Crippen molar-refractivity contribution in [2.24, 2.45) is 0 Å². The zero-order valence-corrected chi connectivity index (χ0v) is 16.7. The molecule has 0 unspecified atom stereocenters. The topological polar surface area (TPSA) is 0 Å². The Hall–Kier alpha value is 1.17. The van der Waals surface area contributed by atoms with Gasteiger partial charge in [-0.3, -0.25) is 0 Å². The Kier molecular flexibility index (Phi) is 23.6. The predicted octanol–water partition coefficient (Wildman–Crippen LogP) is 7.21. The molecule has 0 aromatic rings. The second kappa shape index (κ2) is 20.2. The summed E-state index contributed by atoms with van der Waals surface area (Å²) in [6.45, 7) is 6.95. The summed E-state index contributed by atoms with van der Waals surface area (Å²) in [6, 6.07) is 0. The smallest absolute Gasteiger partial charge is 0 e. The van der Waals surface area contributed by atoms with E-state index in [1.807, 2.05) is 0 Å². The van der Waals surface area contributed by atoms with Gasteiger partial charge in [0.25, 0.3) is 0 Å². The minimum Gasteiger partial charge on any atom is -0.107 e. The predicted molar refractivity (Wildman–Crippen MR) is 93.9 cm³/mol. The Balaban J connectivity index is 0. The molecule has 0 atom stereocenters. The van der Waals surface area contributed by atoms with E-state index in [9.17, 15) is 0 Å². The fourth-order valence-corrected chi connectivity index (χ4v) is 5.31. The minimum atomic E-state index is 0. The van der Waals surface area contributed by atoms with Gasteiger partial charge in [-0.15, -0.1) is 7.92 Å². The Morgan fingerprint density at radius 2 is 0.750 bits per heavy atom. The SMILES string of the molecule is CCCCCCP(CCCCCC)CCCCCC.[Ag]. The average molecular weight is 394 g/mol. The van der Waals surface area contributed by atoms with Crippen molar-refractivity contribution in [1.82, 2.24) is 0 Å². The van der Waals surface area contributed by atoms with Crippen molar-refractivity contribution in [3.63, 3.8) is 0 Å². The fourth-order valence-electron chi connectivity index (χ4n) is 2.62. The van der Waals surface area contributed by atoms with Gasteiger partial charge in [0.2, 0.25) is 0 Å². The van der Waals surface area contributed by atoms with Crippen LogP contribution in [0.4, 0.5) is 0 Å². The van der Waals surface area contributed by atoms with E-state index in [0.29, 0.717) is 7.92 Å². The van der Waals surface area contributed by atoms with Gasteiger partial charge >= 0.3 is 0 Å². The van der Waals surface area contributed by atoms with E-state index in [1.54, 1.807) is 18.5 Å². The third kappa shape index (κ3) is 17.2. The summed E-state index contributed by atoms with van der Waals surface area (Å²) >= 11 is 0. The fraction of sp³-hybridized carbons (Fsp3) is 1.00. The number of hydrogen-bond donors (Lipinski definition) is 0. The zero-order valence-electron chi connectivity index (χ0n) is 14.4. The summed E-state index contributed by atoms with van der Waals surface area (Å²) < 4.78 is 0. The van der Waals surface area contributed by atoms with Crippen LogP contribution in [0.1, 0.15) is 97.8 Å². The van der Waals surface area contributed by atoms with Crippen molar-refractivity contribution in [3.8, 4) is 0 Å². The largest absolute Gasteiger partial charge is 0.107 e. The molecule has 0 saturated heterocycles. The van der Waals surface area contributed by atoms with Crippen LogP contribution in [-0.4, -0.2) is 18.5 Å². The molecule has 0 aliphatic carbocycles. The molecule has 0 nitrogen and oxygen atoms in total. The van der Waals surface area contributed by atoms with Crippen molar-refractivity contribution >= 4 is 7.92 Å². The van der Waals surface area contributed by atoms with Crippen LogP contribution in [-0.2, 0) is 22.4 Å². The molecule has 0 amide bonds. The molecule has 0 rings (SSSR count). The Bertz CT molecular complexity index is 133. The van der Waals surface area contributed by atoms with Crippen LogP contribution < -0.4 is 0 Å². The molecular weight excluding hydrogens is 355 g/mol. The Morgan fingerprint density at radius 3 is 1.00 bits per heavy atom. The van der Waals surface area contributed by atoms with E-state index < -0.39 is 0 Å². The summed E-state index contributed by atoms with van der Waals surface area (Å²) in [5.41, 5.74) is 0. The molecule has 0 aliphatic rings. The van der Waals surface area contributed by atoms with Gasteiger partial charge < -0.3 is 0 Å². The van der Waals surface area contributed by atoms with Crippen molar-refractivity contribution in [2.75, 3.05) is 18.5 Å². The molecule has 127 valence electrons. The van der Waals surface area contributed by atoms with Crippen molar-refractivity contribution < 1.29 is 22.4 Å². The molecule has 0 fully saturated rings. The average Bonchev–Trinajstić information content (AvgIpc) is 2.43. The van der Waals surface area contributed by atoms with E-state index in [1.165, 1.54) is 77.0 Å². The van der Waals surface area contributed by atoms with Gasteiger partial charge in [0.1, 0.15) is 0 Å². The Labute approximate surface area is 146 Å². The molecule has 0 spiro atoms. The molecule has 0 heterocycles. The van der Waals surface area contributed by atoms with Crippen molar-refractivity contribution in [1.29, 1.82) is 0 Å². The standard InChI is InChI=1S/C18H39P.Ag/c1-4-7-10-13-16-19(17-14-11-8-5-2)18-15-12-9-6-3;/h4-18H2,1-3H3;. The van der Waals surface area contributed by atoms with Gasteiger partial charge in [-0.1, -0.05) is 78.6 Å². The first kappa shape index (κ1) is 23.4. The van der Waals surface area contributed by atoms with E-state index in [0.717, 1.165) is 0 Å². The summed E-state index contributed by atoms with van der Waals surface area (Å²) in [6.07, 6.45) is 22.2. The first-order chi connectivity index (χ1) is 9.35. The molecule has 0 aliphatic heterocycles. The normalized spacial score (nSPS) is 10.8. The molecular formula is C18H39AgP. The third-order valence-corrected chi connectivity index (χ3v) is 6.83. The summed E-state index contributed by atoms with van der Waals surface area (Å²) in [5, 5.41) is 0. The van der Waals surface area contributed by atoms with Crippen LogP contribution in [0.2, 0.25) is 0 Å².